The quantitative estimate of drug-likeness (QED) is 0.0675. The Hall–Kier alpha value is -4.35. The number of nitrogens with two attached hydrogens (primary N) is 1. The van der Waals surface area contributed by atoms with Crippen LogP contribution in [0.15, 0.2) is 95.8 Å². The Morgan fingerprint density at radius 1 is 0.775 bits per heavy atom. The fourth-order valence-corrected chi connectivity index (χ4v) is 4.30. The second-order valence-electron chi connectivity index (χ2n) is 8.34. The molecule has 2 N–H and O–H groups in total. The number of nitrogens with zero attached hydrogens (tertiary/aromatic N) is 2. The maximum atomic E-state index is 13.6. The maximum Gasteiger partial charge on any atom is 0.466 e. The largest absolute Gasteiger partial charge is 0.466 e. The highest BCUT2D eigenvalue weighted by Gasteiger charge is 2.38. The number of carbonyl (C=O) groups is 3. The second-order valence-corrected chi connectivity index (χ2v) is 10.00. The summed E-state index contributed by atoms with van der Waals surface area (Å²) >= 11 is 0. The molecule has 0 bridgehead atoms. The van der Waals surface area contributed by atoms with Crippen molar-refractivity contribution in [2.75, 3.05) is 20.6 Å². The van der Waals surface area contributed by atoms with Crippen molar-refractivity contribution in [2.45, 2.75) is 13.5 Å². The predicted molar refractivity (Wildman–Crippen MR) is 143 cm³/mol. The van der Waals surface area contributed by atoms with Crippen LogP contribution < -0.4 is 5.73 Å². The highest BCUT2D eigenvalue weighted by atomic mass is 31.2. The van der Waals surface area contributed by atoms with Crippen LogP contribution in [-0.4, -0.2) is 49.1 Å². The fraction of sp³-hybridized carbons (Fsp3) is 0.185. The fourth-order valence-electron chi connectivity index (χ4n) is 3.30. The van der Waals surface area contributed by atoms with Crippen LogP contribution in [0.1, 0.15) is 33.2 Å². The third-order valence-corrected chi connectivity index (χ3v) is 6.51. The molecule has 13 heteroatoms. The number of hydroxylamine groups is 3. The Balaban J connectivity index is 1.80. The van der Waals surface area contributed by atoms with Crippen molar-refractivity contribution < 1.29 is 47.0 Å². The molecule has 210 valence electrons. The zero-order valence-corrected chi connectivity index (χ0v) is 22.8. The Bertz CT molecular complexity index is 1310. The van der Waals surface area contributed by atoms with Gasteiger partial charge in [0, 0.05) is 12.5 Å². The first-order valence-electron chi connectivity index (χ1n) is 11.9. The van der Waals surface area contributed by atoms with E-state index < -0.39 is 49.8 Å². The summed E-state index contributed by atoms with van der Waals surface area (Å²) in [6.07, 6.45) is 0. The molecule has 0 aliphatic rings. The number of rotatable bonds is 11. The van der Waals surface area contributed by atoms with Gasteiger partial charge in [0.1, 0.15) is 7.05 Å². The summed E-state index contributed by atoms with van der Waals surface area (Å²) in [5.41, 5.74) is 7.35. The number of carbonyl (C=O) groups excluding carboxylic acids is 3. The normalized spacial score (nSPS) is 13.1. The third-order valence-electron chi connectivity index (χ3n) is 5.20. The minimum atomic E-state index is -4.61. The molecule has 0 saturated carbocycles. The zero-order chi connectivity index (χ0) is 29.0. The van der Waals surface area contributed by atoms with Gasteiger partial charge in [0.15, 0.2) is 6.54 Å². The molecule has 0 radical (unpaired) electrons. The molecule has 0 spiro atoms. The van der Waals surface area contributed by atoms with Gasteiger partial charge in [-0.25, -0.2) is 18.9 Å². The monoisotopic (exact) mass is 570 g/mol. The molecule has 0 aliphatic carbocycles. The van der Waals surface area contributed by atoms with Crippen LogP contribution in [0.25, 0.3) is 0 Å². The Labute approximate surface area is 231 Å². The molecule has 0 amide bonds. The van der Waals surface area contributed by atoms with Gasteiger partial charge in [-0.3, -0.25) is 13.9 Å². The number of ether oxygens (including phenoxy) is 2. The van der Waals surface area contributed by atoms with Crippen LogP contribution in [0, 0.1) is 0 Å². The van der Waals surface area contributed by atoms with Gasteiger partial charge < -0.3 is 15.2 Å². The van der Waals surface area contributed by atoms with Gasteiger partial charge >= 0.3 is 31.6 Å². The van der Waals surface area contributed by atoms with Crippen molar-refractivity contribution >= 4 is 31.6 Å². The third kappa shape index (κ3) is 9.14. The molecule has 0 aliphatic heterocycles. The lowest BCUT2D eigenvalue weighted by Gasteiger charge is -2.28. The van der Waals surface area contributed by atoms with E-state index in [2.05, 4.69) is 4.76 Å². The molecule has 3 rings (SSSR count). The van der Waals surface area contributed by atoms with Crippen molar-refractivity contribution in [1.82, 2.24) is 0 Å². The molecule has 0 aromatic heterocycles. The summed E-state index contributed by atoms with van der Waals surface area (Å²) in [5, 5.41) is 0. The van der Waals surface area contributed by atoms with Crippen molar-refractivity contribution in [3.63, 3.8) is 0 Å². The van der Waals surface area contributed by atoms with E-state index in [4.69, 9.17) is 29.1 Å². The van der Waals surface area contributed by atoms with Crippen LogP contribution in [0.2, 0.25) is 0 Å². The Kier molecular flexibility index (Phi) is 10.7. The minimum Gasteiger partial charge on any atom is -0.434 e. The average Bonchev–Trinajstić information content (AvgIpc) is 2.94. The highest BCUT2D eigenvalue weighted by molar-refractivity contribution is 7.52. The molecule has 1 unspecified atom stereocenters. The van der Waals surface area contributed by atoms with E-state index >= 15 is 0 Å². The molecular weight excluding hydrogens is 541 g/mol. The number of hydrogen-bond donors (Lipinski definition) is 1. The minimum absolute atomic E-state index is 0.0156. The van der Waals surface area contributed by atoms with E-state index in [1.807, 2.05) is 0 Å². The van der Waals surface area contributed by atoms with E-state index in [1.165, 1.54) is 38.2 Å². The standard InChI is InChI=1S/C27H29N3O9P/c1-21(31)39-30(2,18-22-12-6-3-7-13-22)27(28)29-40(34,37-19-35-25(32)23-14-8-4-9-15-23)38-20-36-26(33)24-16-10-5-11-17-24/h3-17H,18-20H2,1-2H3,(H2,28,29,34)/q+1. The van der Waals surface area contributed by atoms with Gasteiger partial charge in [-0.05, 0) is 24.3 Å². The summed E-state index contributed by atoms with van der Waals surface area (Å²) < 4.78 is 37.2. The molecule has 12 nitrogen and oxygen atoms in total. The van der Waals surface area contributed by atoms with Gasteiger partial charge in [-0.1, -0.05) is 71.4 Å². The van der Waals surface area contributed by atoms with Gasteiger partial charge in [0.2, 0.25) is 13.6 Å². The van der Waals surface area contributed by atoms with E-state index in [0.717, 1.165) is 5.56 Å². The lowest BCUT2D eigenvalue weighted by molar-refractivity contribution is -1.01. The first-order valence-corrected chi connectivity index (χ1v) is 13.4. The highest BCUT2D eigenvalue weighted by Crippen LogP contribution is 2.50. The Morgan fingerprint density at radius 3 is 1.62 bits per heavy atom. The molecule has 40 heavy (non-hydrogen) atoms. The molecule has 3 aromatic rings. The number of guanidine groups is 1. The summed E-state index contributed by atoms with van der Waals surface area (Å²) in [7, 11) is -3.19. The molecule has 1 atom stereocenters. The number of hydrogen-bond acceptors (Lipinski definition) is 9. The second kappa shape index (κ2) is 14.2. The molecule has 0 saturated heterocycles. The molecular formula is C27H29N3O9P+. The van der Waals surface area contributed by atoms with Crippen LogP contribution >= 0.6 is 7.75 Å². The lowest BCUT2D eigenvalue weighted by Crippen LogP contribution is -2.53. The lowest BCUT2D eigenvalue weighted by atomic mass is 10.2. The van der Waals surface area contributed by atoms with Crippen molar-refractivity contribution in [2.24, 2.45) is 10.5 Å². The maximum absolute atomic E-state index is 13.6. The Morgan fingerprint density at radius 2 is 1.20 bits per heavy atom. The number of quaternary nitrogens is 1. The van der Waals surface area contributed by atoms with Crippen LogP contribution in [0.3, 0.4) is 0 Å². The topological polar surface area (TPSA) is 153 Å². The molecule has 0 fully saturated rings. The SMILES string of the molecule is CC(=O)O[N+](C)(Cc1ccccc1)C(N)=NP(=O)(OCOC(=O)c1ccccc1)OCOC(=O)c1ccccc1. The van der Waals surface area contributed by atoms with Gasteiger partial charge in [-0.15, -0.1) is 4.76 Å². The predicted octanol–water partition coefficient (Wildman–Crippen LogP) is 4.20. The van der Waals surface area contributed by atoms with Gasteiger partial charge in [-0.2, -0.15) is 0 Å². The van der Waals surface area contributed by atoms with Crippen LogP contribution in [0.4, 0.5) is 0 Å². The van der Waals surface area contributed by atoms with E-state index in [-0.39, 0.29) is 17.7 Å². The van der Waals surface area contributed by atoms with Crippen molar-refractivity contribution in [3.05, 3.63) is 108 Å². The summed E-state index contributed by atoms with van der Waals surface area (Å²) in [4.78, 5) is 41.8. The number of benzene rings is 3. The number of esters is 2. The summed E-state index contributed by atoms with van der Waals surface area (Å²) in [5.74, 6) is -2.68. The average molecular weight is 571 g/mol. The van der Waals surface area contributed by atoms with E-state index in [0.29, 0.717) is 0 Å². The van der Waals surface area contributed by atoms with E-state index in [1.54, 1.807) is 66.7 Å². The molecule has 3 aromatic carbocycles. The first-order chi connectivity index (χ1) is 19.1. The summed E-state index contributed by atoms with van der Waals surface area (Å²) in [6.45, 7) is -0.496. The van der Waals surface area contributed by atoms with Crippen molar-refractivity contribution in [1.29, 1.82) is 0 Å². The van der Waals surface area contributed by atoms with E-state index in [9.17, 15) is 18.9 Å². The summed E-state index contributed by atoms with van der Waals surface area (Å²) in [6, 6.07) is 25.0. The smallest absolute Gasteiger partial charge is 0.434 e. The van der Waals surface area contributed by atoms with Gasteiger partial charge in [0.25, 0.3) is 0 Å². The first kappa shape index (κ1) is 30.2. The zero-order valence-electron chi connectivity index (χ0n) is 21.9. The van der Waals surface area contributed by atoms with Crippen LogP contribution in [-0.2, 0) is 39.3 Å². The molecule has 0 heterocycles. The van der Waals surface area contributed by atoms with Crippen molar-refractivity contribution in [3.8, 4) is 0 Å². The van der Waals surface area contributed by atoms with Gasteiger partial charge in [0.05, 0.1) is 11.1 Å². The van der Waals surface area contributed by atoms with Crippen LogP contribution in [0.5, 0.6) is 0 Å².